The van der Waals surface area contributed by atoms with Crippen molar-refractivity contribution in [2.24, 2.45) is 5.73 Å². The number of likely N-dealkylation sites (tertiary alicyclic amines) is 1. The first-order valence-electron chi connectivity index (χ1n) is 5.26. The van der Waals surface area contributed by atoms with E-state index >= 15 is 0 Å². The van der Waals surface area contributed by atoms with Crippen molar-refractivity contribution >= 4 is 5.91 Å². The fourth-order valence-electron chi connectivity index (χ4n) is 1.78. The molecule has 15 heavy (non-hydrogen) atoms. The van der Waals surface area contributed by atoms with Crippen LogP contribution in [0.25, 0.3) is 0 Å². The van der Waals surface area contributed by atoms with Crippen LogP contribution >= 0.6 is 0 Å². The van der Waals surface area contributed by atoms with Crippen molar-refractivity contribution in [3.05, 3.63) is 18.5 Å². The Labute approximate surface area is 88.8 Å². The van der Waals surface area contributed by atoms with E-state index in [-0.39, 0.29) is 11.9 Å². The molecule has 5 nitrogen and oxygen atoms in total. The molecule has 1 amide bonds. The summed E-state index contributed by atoms with van der Waals surface area (Å²) in [6.45, 7) is 1.89. The largest absolute Gasteiger partial charge is 0.341 e. The number of aromatic nitrogens is 2. The molecule has 0 saturated carbocycles. The second-order valence-corrected chi connectivity index (χ2v) is 3.92. The highest BCUT2D eigenvalue weighted by molar-refractivity contribution is 5.75. The summed E-state index contributed by atoms with van der Waals surface area (Å²) in [7, 11) is 0. The fourth-order valence-corrected chi connectivity index (χ4v) is 1.78. The summed E-state index contributed by atoms with van der Waals surface area (Å²) in [4.78, 5) is 13.7. The van der Waals surface area contributed by atoms with Gasteiger partial charge in [0.25, 0.3) is 0 Å². The molecule has 1 fully saturated rings. The molecule has 0 bridgehead atoms. The van der Waals surface area contributed by atoms with Crippen LogP contribution in [-0.2, 0) is 11.3 Å². The highest BCUT2D eigenvalue weighted by Gasteiger charge is 2.20. The summed E-state index contributed by atoms with van der Waals surface area (Å²) in [5.74, 6) is 0.130. The van der Waals surface area contributed by atoms with Crippen LogP contribution in [0.4, 0.5) is 0 Å². The van der Waals surface area contributed by atoms with Crippen molar-refractivity contribution in [1.82, 2.24) is 14.7 Å². The van der Waals surface area contributed by atoms with Crippen LogP contribution in [0.2, 0.25) is 0 Å². The Kier molecular flexibility index (Phi) is 3.01. The highest BCUT2D eigenvalue weighted by atomic mass is 16.2. The molecule has 5 heteroatoms. The van der Waals surface area contributed by atoms with Crippen LogP contribution < -0.4 is 5.73 Å². The number of hydrogen-bond acceptors (Lipinski definition) is 3. The standard InChI is InChI=1S/C10H16N4O/c11-9-2-6-13(7-3-9)10(15)8-14-5-1-4-12-14/h1,4-5,9H,2-3,6-8,11H2. The van der Waals surface area contributed by atoms with Gasteiger partial charge in [-0.3, -0.25) is 9.48 Å². The fraction of sp³-hybridized carbons (Fsp3) is 0.600. The molecule has 1 saturated heterocycles. The first-order valence-corrected chi connectivity index (χ1v) is 5.26. The molecule has 1 aliphatic heterocycles. The lowest BCUT2D eigenvalue weighted by atomic mass is 10.1. The number of hydrogen-bond donors (Lipinski definition) is 1. The zero-order valence-corrected chi connectivity index (χ0v) is 8.67. The quantitative estimate of drug-likeness (QED) is 0.734. The molecule has 0 unspecified atom stereocenters. The molecule has 2 heterocycles. The Hall–Kier alpha value is -1.36. The number of rotatable bonds is 2. The van der Waals surface area contributed by atoms with E-state index < -0.39 is 0 Å². The van der Waals surface area contributed by atoms with E-state index in [4.69, 9.17) is 5.73 Å². The summed E-state index contributed by atoms with van der Waals surface area (Å²) < 4.78 is 1.65. The molecule has 2 rings (SSSR count). The molecule has 1 aromatic heterocycles. The van der Waals surface area contributed by atoms with Crippen molar-refractivity contribution in [1.29, 1.82) is 0 Å². The van der Waals surface area contributed by atoms with Gasteiger partial charge in [-0.2, -0.15) is 5.10 Å². The van der Waals surface area contributed by atoms with E-state index in [1.165, 1.54) is 0 Å². The van der Waals surface area contributed by atoms with Crippen molar-refractivity contribution in [2.75, 3.05) is 13.1 Å². The molecule has 1 aliphatic rings. The maximum absolute atomic E-state index is 11.8. The van der Waals surface area contributed by atoms with E-state index in [2.05, 4.69) is 5.10 Å². The first-order chi connectivity index (χ1) is 7.25. The minimum atomic E-state index is 0.130. The average molecular weight is 208 g/mol. The zero-order valence-electron chi connectivity index (χ0n) is 8.67. The number of carbonyl (C=O) groups excluding carboxylic acids is 1. The summed E-state index contributed by atoms with van der Waals surface area (Å²) in [5, 5.41) is 4.01. The van der Waals surface area contributed by atoms with Gasteiger partial charge in [-0.1, -0.05) is 0 Å². The SMILES string of the molecule is NC1CCN(C(=O)Cn2cccn2)CC1. The topological polar surface area (TPSA) is 64.2 Å². The molecule has 0 atom stereocenters. The lowest BCUT2D eigenvalue weighted by molar-refractivity contribution is -0.133. The summed E-state index contributed by atoms with van der Waals surface area (Å²) in [6, 6.07) is 2.08. The smallest absolute Gasteiger partial charge is 0.244 e. The van der Waals surface area contributed by atoms with Gasteiger partial charge in [0, 0.05) is 31.5 Å². The van der Waals surface area contributed by atoms with Gasteiger partial charge < -0.3 is 10.6 Å². The van der Waals surface area contributed by atoms with Crippen LogP contribution in [0.3, 0.4) is 0 Å². The number of amides is 1. The minimum absolute atomic E-state index is 0.130. The lowest BCUT2D eigenvalue weighted by Gasteiger charge is -2.30. The number of piperidine rings is 1. The number of carbonyl (C=O) groups is 1. The third-order valence-corrected chi connectivity index (χ3v) is 2.75. The van der Waals surface area contributed by atoms with Gasteiger partial charge in [0.15, 0.2) is 0 Å². The monoisotopic (exact) mass is 208 g/mol. The van der Waals surface area contributed by atoms with E-state index in [1.807, 2.05) is 11.0 Å². The molecule has 0 aliphatic carbocycles. The van der Waals surface area contributed by atoms with Crippen LogP contribution in [0.5, 0.6) is 0 Å². The minimum Gasteiger partial charge on any atom is -0.341 e. The summed E-state index contributed by atoms with van der Waals surface area (Å²) in [6.07, 6.45) is 5.29. The lowest BCUT2D eigenvalue weighted by Crippen LogP contribution is -2.44. The highest BCUT2D eigenvalue weighted by Crippen LogP contribution is 2.08. The molecule has 2 N–H and O–H groups in total. The van der Waals surface area contributed by atoms with Crippen molar-refractivity contribution in [2.45, 2.75) is 25.4 Å². The Morgan fingerprint density at radius 2 is 2.20 bits per heavy atom. The Morgan fingerprint density at radius 1 is 1.47 bits per heavy atom. The Balaban J connectivity index is 1.86. The van der Waals surface area contributed by atoms with Gasteiger partial charge in [0.2, 0.25) is 5.91 Å². The van der Waals surface area contributed by atoms with Crippen LogP contribution in [0.1, 0.15) is 12.8 Å². The average Bonchev–Trinajstić information content (AvgIpc) is 2.71. The van der Waals surface area contributed by atoms with E-state index in [1.54, 1.807) is 17.1 Å². The molecular weight excluding hydrogens is 192 g/mol. The van der Waals surface area contributed by atoms with Gasteiger partial charge in [-0.25, -0.2) is 0 Å². The second-order valence-electron chi connectivity index (χ2n) is 3.92. The van der Waals surface area contributed by atoms with Crippen molar-refractivity contribution < 1.29 is 4.79 Å². The summed E-state index contributed by atoms with van der Waals surface area (Å²) >= 11 is 0. The predicted octanol–water partition coefficient (Wildman–Crippen LogP) is -0.167. The molecule has 1 aromatic rings. The van der Waals surface area contributed by atoms with Crippen LogP contribution in [0.15, 0.2) is 18.5 Å². The van der Waals surface area contributed by atoms with Crippen molar-refractivity contribution in [3.8, 4) is 0 Å². The van der Waals surface area contributed by atoms with Gasteiger partial charge >= 0.3 is 0 Å². The van der Waals surface area contributed by atoms with Crippen LogP contribution in [0, 0.1) is 0 Å². The maximum Gasteiger partial charge on any atom is 0.244 e. The van der Waals surface area contributed by atoms with Gasteiger partial charge in [0.05, 0.1) is 0 Å². The molecule has 0 radical (unpaired) electrons. The Morgan fingerprint density at radius 3 is 2.80 bits per heavy atom. The van der Waals surface area contributed by atoms with Gasteiger partial charge in [-0.15, -0.1) is 0 Å². The Bertz CT molecular complexity index is 314. The summed E-state index contributed by atoms with van der Waals surface area (Å²) in [5.41, 5.74) is 5.78. The molecule has 0 spiro atoms. The molecule has 82 valence electrons. The van der Waals surface area contributed by atoms with Gasteiger partial charge in [-0.05, 0) is 18.9 Å². The normalized spacial score (nSPS) is 18.1. The second kappa shape index (κ2) is 4.44. The van der Waals surface area contributed by atoms with E-state index in [0.29, 0.717) is 6.54 Å². The van der Waals surface area contributed by atoms with E-state index in [9.17, 15) is 4.79 Å². The number of nitrogens with zero attached hydrogens (tertiary/aromatic N) is 3. The number of nitrogens with two attached hydrogens (primary N) is 1. The van der Waals surface area contributed by atoms with E-state index in [0.717, 1.165) is 25.9 Å². The zero-order chi connectivity index (χ0) is 10.7. The third-order valence-electron chi connectivity index (χ3n) is 2.75. The predicted molar refractivity (Wildman–Crippen MR) is 56.0 cm³/mol. The molecule has 0 aromatic carbocycles. The third kappa shape index (κ3) is 2.56. The first kappa shape index (κ1) is 10.2. The maximum atomic E-state index is 11.8. The van der Waals surface area contributed by atoms with Crippen molar-refractivity contribution in [3.63, 3.8) is 0 Å². The van der Waals surface area contributed by atoms with Gasteiger partial charge in [0.1, 0.15) is 6.54 Å². The van der Waals surface area contributed by atoms with Crippen LogP contribution in [-0.4, -0.2) is 39.7 Å². The molecular formula is C10H16N4O.